The lowest BCUT2D eigenvalue weighted by molar-refractivity contribution is 0.102. The first-order chi connectivity index (χ1) is 10.0. The second kappa shape index (κ2) is 6.58. The van der Waals surface area contributed by atoms with E-state index in [4.69, 9.17) is 9.47 Å². The van der Waals surface area contributed by atoms with Gasteiger partial charge in [0.1, 0.15) is 5.82 Å². The SMILES string of the molecule is COc1ccc(NC(=O)c2ccc(F)cc2Br)cc1OC. The van der Waals surface area contributed by atoms with Crippen LogP contribution in [0.1, 0.15) is 10.4 Å². The molecule has 1 N–H and O–H groups in total. The van der Waals surface area contributed by atoms with Crippen molar-refractivity contribution in [1.82, 2.24) is 0 Å². The van der Waals surface area contributed by atoms with Crippen LogP contribution in [0.4, 0.5) is 10.1 Å². The monoisotopic (exact) mass is 353 g/mol. The second-order valence-electron chi connectivity index (χ2n) is 4.15. The van der Waals surface area contributed by atoms with Gasteiger partial charge in [0.05, 0.1) is 19.8 Å². The zero-order valence-electron chi connectivity index (χ0n) is 11.4. The Bertz CT molecular complexity index is 676. The number of anilines is 1. The first-order valence-corrected chi connectivity index (χ1v) is 6.83. The number of hydrogen-bond donors (Lipinski definition) is 1. The van der Waals surface area contributed by atoms with Crippen LogP contribution in [0.25, 0.3) is 0 Å². The van der Waals surface area contributed by atoms with Gasteiger partial charge in [0.25, 0.3) is 5.91 Å². The van der Waals surface area contributed by atoms with Crippen molar-refractivity contribution >= 4 is 27.5 Å². The molecular weight excluding hydrogens is 341 g/mol. The number of nitrogens with one attached hydrogen (secondary N) is 1. The Morgan fingerprint density at radius 1 is 1.10 bits per heavy atom. The molecular formula is C15H13BrFNO3. The van der Waals surface area contributed by atoms with E-state index in [1.54, 1.807) is 18.2 Å². The highest BCUT2D eigenvalue weighted by atomic mass is 79.9. The molecule has 0 bridgehead atoms. The van der Waals surface area contributed by atoms with E-state index in [-0.39, 0.29) is 5.91 Å². The van der Waals surface area contributed by atoms with Crippen LogP contribution in [0.5, 0.6) is 11.5 Å². The molecule has 0 atom stereocenters. The molecule has 2 rings (SSSR count). The van der Waals surface area contributed by atoms with Gasteiger partial charge in [-0.15, -0.1) is 0 Å². The summed E-state index contributed by atoms with van der Waals surface area (Å²) in [6.45, 7) is 0. The molecule has 1 amide bonds. The van der Waals surface area contributed by atoms with E-state index in [0.29, 0.717) is 27.2 Å². The number of methoxy groups -OCH3 is 2. The lowest BCUT2D eigenvalue weighted by Gasteiger charge is -2.11. The van der Waals surface area contributed by atoms with Crippen molar-refractivity contribution < 1.29 is 18.7 Å². The average Bonchev–Trinajstić information content (AvgIpc) is 2.46. The number of benzene rings is 2. The number of carbonyl (C=O) groups is 1. The summed E-state index contributed by atoms with van der Waals surface area (Å²) in [5.74, 6) is 0.311. The highest BCUT2D eigenvalue weighted by molar-refractivity contribution is 9.10. The van der Waals surface area contributed by atoms with Gasteiger partial charge in [-0.05, 0) is 46.3 Å². The minimum Gasteiger partial charge on any atom is -0.493 e. The van der Waals surface area contributed by atoms with Gasteiger partial charge in [-0.2, -0.15) is 0 Å². The Morgan fingerprint density at radius 2 is 1.81 bits per heavy atom. The Morgan fingerprint density at radius 3 is 2.43 bits per heavy atom. The summed E-state index contributed by atoms with van der Waals surface area (Å²) in [7, 11) is 3.05. The molecule has 4 nitrogen and oxygen atoms in total. The molecule has 0 radical (unpaired) electrons. The van der Waals surface area contributed by atoms with E-state index in [0.717, 1.165) is 0 Å². The molecule has 21 heavy (non-hydrogen) atoms. The smallest absolute Gasteiger partial charge is 0.256 e. The molecule has 0 aromatic heterocycles. The minimum absolute atomic E-state index is 0.339. The molecule has 0 aliphatic heterocycles. The highest BCUT2D eigenvalue weighted by Gasteiger charge is 2.12. The molecule has 0 saturated heterocycles. The fraction of sp³-hybridized carbons (Fsp3) is 0.133. The van der Waals surface area contributed by atoms with Crippen LogP contribution in [0.15, 0.2) is 40.9 Å². The van der Waals surface area contributed by atoms with Crippen LogP contribution in [0, 0.1) is 5.82 Å². The zero-order chi connectivity index (χ0) is 15.4. The molecule has 0 aliphatic rings. The van der Waals surface area contributed by atoms with Gasteiger partial charge in [0.15, 0.2) is 11.5 Å². The van der Waals surface area contributed by atoms with Crippen molar-refractivity contribution in [2.75, 3.05) is 19.5 Å². The molecule has 0 saturated carbocycles. The summed E-state index contributed by atoms with van der Waals surface area (Å²) >= 11 is 3.17. The summed E-state index contributed by atoms with van der Waals surface area (Å²) in [5, 5.41) is 2.72. The van der Waals surface area contributed by atoms with Crippen LogP contribution >= 0.6 is 15.9 Å². The van der Waals surface area contributed by atoms with Crippen LogP contribution in [0.3, 0.4) is 0 Å². The standard InChI is InChI=1S/C15H13BrFNO3/c1-20-13-6-4-10(8-14(13)21-2)18-15(19)11-5-3-9(17)7-12(11)16/h3-8H,1-2H3,(H,18,19). The maximum absolute atomic E-state index is 13.0. The predicted molar refractivity (Wildman–Crippen MR) is 81.6 cm³/mol. The fourth-order valence-electron chi connectivity index (χ4n) is 1.79. The van der Waals surface area contributed by atoms with Crippen molar-refractivity contribution in [2.24, 2.45) is 0 Å². The molecule has 0 unspecified atom stereocenters. The summed E-state index contributed by atoms with van der Waals surface area (Å²) in [6, 6.07) is 8.91. The zero-order valence-corrected chi connectivity index (χ0v) is 13.0. The summed E-state index contributed by atoms with van der Waals surface area (Å²) in [5.41, 5.74) is 0.889. The number of halogens is 2. The minimum atomic E-state index is -0.412. The Labute approximate surface area is 130 Å². The van der Waals surface area contributed by atoms with Crippen molar-refractivity contribution in [1.29, 1.82) is 0 Å². The first kappa shape index (κ1) is 15.3. The molecule has 6 heteroatoms. The number of amides is 1. The van der Waals surface area contributed by atoms with Gasteiger partial charge in [-0.3, -0.25) is 4.79 Å². The van der Waals surface area contributed by atoms with E-state index in [2.05, 4.69) is 21.2 Å². The Kier molecular flexibility index (Phi) is 4.80. The Balaban J connectivity index is 2.23. The van der Waals surface area contributed by atoms with Crippen molar-refractivity contribution in [3.63, 3.8) is 0 Å². The largest absolute Gasteiger partial charge is 0.493 e. The summed E-state index contributed by atoms with van der Waals surface area (Å²) < 4.78 is 23.7. The number of ether oxygens (including phenoxy) is 2. The number of carbonyl (C=O) groups excluding carboxylic acids is 1. The quantitative estimate of drug-likeness (QED) is 0.907. The van der Waals surface area contributed by atoms with Gasteiger partial charge in [-0.1, -0.05) is 0 Å². The second-order valence-corrected chi connectivity index (χ2v) is 5.00. The van der Waals surface area contributed by atoms with E-state index >= 15 is 0 Å². The third-order valence-electron chi connectivity index (χ3n) is 2.82. The topological polar surface area (TPSA) is 47.6 Å². The molecule has 0 fully saturated rings. The third-order valence-corrected chi connectivity index (χ3v) is 3.47. The molecule has 2 aromatic rings. The molecule has 2 aromatic carbocycles. The van der Waals surface area contributed by atoms with Gasteiger partial charge < -0.3 is 14.8 Å². The lowest BCUT2D eigenvalue weighted by atomic mass is 10.2. The lowest BCUT2D eigenvalue weighted by Crippen LogP contribution is -2.12. The normalized spacial score (nSPS) is 10.1. The van der Waals surface area contributed by atoms with Crippen LogP contribution < -0.4 is 14.8 Å². The third kappa shape index (κ3) is 3.52. The first-order valence-electron chi connectivity index (χ1n) is 6.03. The summed E-state index contributed by atoms with van der Waals surface area (Å²) in [4.78, 5) is 12.2. The van der Waals surface area contributed by atoms with Crippen molar-refractivity contribution in [2.45, 2.75) is 0 Å². The van der Waals surface area contributed by atoms with Gasteiger partial charge in [0.2, 0.25) is 0 Å². The van der Waals surface area contributed by atoms with Gasteiger partial charge in [-0.25, -0.2) is 4.39 Å². The molecule has 0 heterocycles. The Hall–Kier alpha value is -2.08. The van der Waals surface area contributed by atoms with E-state index in [1.165, 1.54) is 32.4 Å². The van der Waals surface area contributed by atoms with E-state index in [1.807, 2.05) is 0 Å². The average molecular weight is 354 g/mol. The highest BCUT2D eigenvalue weighted by Crippen LogP contribution is 2.30. The molecule has 110 valence electrons. The summed E-state index contributed by atoms with van der Waals surface area (Å²) in [6.07, 6.45) is 0. The maximum atomic E-state index is 13.0. The van der Waals surface area contributed by atoms with Crippen LogP contribution in [0.2, 0.25) is 0 Å². The fourth-order valence-corrected chi connectivity index (χ4v) is 2.32. The van der Waals surface area contributed by atoms with Gasteiger partial charge >= 0.3 is 0 Å². The molecule has 0 aliphatic carbocycles. The maximum Gasteiger partial charge on any atom is 0.256 e. The van der Waals surface area contributed by atoms with Gasteiger partial charge in [0, 0.05) is 16.2 Å². The van der Waals surface area contributed by atoms with Crippen molar-refractivity contribution in [3.8, 4) is 11.5 Å². The van der Waals surface area contributed by atoms with E-state index in [9.17, 15) is 9.18 Å². The molecule has 0 spiro atoms. The van der Waals surface area contributed by atoms with Crippen LogP contribution in [-0.4, -0.2) is 20.1 Å². The van der Waals surface area contributed by atoms with Crippen LogP contribution in [-0.2, 0) is 0 Å². The van der Waals surface area contributed by atoms with Crippen molar-refractivity contribution in [3.05, 3.63) is 52.3 Å². The predicted octanol–water partition coefficient (Wildman–Crippen LogP) is 3.86. The number of rotatable bonds is 4. The van der Waals surface area contributed by atoms with E-state index < -0.39 is 5.82 Å². The number of hydrogen-bond acceptors (Lipinski definition) is 3.